The van der Waals surface area contributed by atoms with Crippen molar-refractivity contribution >= 4 is 15.5 Å². The van der Waals surface area contributed by atoms with Crippen LogP contribution in [0.25, 0.3) is 0 Å². The molecular formula is C19H15F3N2O2S. The van der Waals surface area contributed by atoms with E-state index in [-0.39, 0.29) is 6.04 Å². The summed E-state index contributed by atoms with van der Waals surface area (Å²) in [6.07, 6.45) is 1.64. The average Bonchev–Trinajstić information content (AvgIpc) is 2.67. The number of hydrogen-bond donors (Lipinski definition) is 1. The van der Waals surface area contributed by atoms with E-state index >= 15 is 0 Å². The monoisotopic (exact) mass is 392 g/mol. The standard InChI is InChI=1S/C19H15F3N2O2S/c20-19(21,22)27(25,26)16-11-9-15(10-12-16)24-18(14-6-2-1-3-7-14)17-8-4-5-13-23-17/h1-13,18,24H. The number of alkyl halides is 3. The van der Waals surface area contributed by atoms with E-state index in [1.54, 1.807) is 12.3 Å². The third-order valence-electron chi connectivity index (χ3n) is 3.90. The molecule has 1 unspecified atom stereocenters. The predicted molar refractivity (Wildman–Crippen MR) is 95.8 cm³/mol. The van der Waals surface area contributed by atoms with Gasteiger partial charge in [-0.3, -0.25) is 4.98 Å². The second kappa shape index (κ2) is 7.40. The number of anilines is 1. The van der Waals surface area contributed by atoms with Crippen LogP contribution in [0.5, 0.6) is 0 Å². The lowest BCUT2D eigenvalue weighted by Gasteiger charge is -2.20. The number of nitrogens with one attached hydrogen (secondary N) is 1. The third kappa shape index (κ3) is 4.11. The molecule has 0 saturated carbocycles. The number of nitrogens with zero attached hydrogens (tertiary/aromatic N) is 1. The summed E-state index contributed by atoms with van der Waals surface area (Å²) in [4.78, 5) is 3.54. The van der Waals surface area contributed by atoms with Crippen molar-refractivity contribution < 1.29 is 21.6 Å². The van der Waals surface area contributed by atoms with Crippen molar-refractivity contribution in [1.82, 2.24) is 4.98 Å². The molecule has 0 fully saturated rings. The Balaban J connectivity index is 1.91. The molecule has 0 spiro atoms. The molecule has 2 aromatic carbocycles. The molecule has 0 amide bonds. The topological polar surface area (TPSA) is 59.1 Å². The fourth-order valence-electron chi connectivity index (χ4n) is 2.55. The van der Waals surface area contributed by atoms with Crippen molar-refractivity contribution in [1.29, 1.82) is 0 Å². The molecule has 0 bridgehead atoms. The Morgan fingerprint density at radius 2 is 1.48 bits per heavy atom. The van der Waals surface area contributed by atoms with Crippen LogP contribution in [0.2, 0.25) is 0 Å². The minimum atomic E-state index is -5.37. The Morgan fingerprint density at radius 1 is 0.852 bits per heavy atom. The van der Waals surface area contributed by atoms with Crippen molar-refractivity contribution in [3.8, 4) is 0 Å². The SMILES string of the molecule is O=S(=O)(c1ccc(NC(c2ccccc2)c2ccccn2)cc1)C(F)(F)F. The van der Waals surface area contributed by atoms with Gasteiger partial charge in [-0.25, -0.2) is 8.42 Å². The number of sulfone groups is 1. The lowest BCUT2D eigenvalue weighted by Crippen LogP contribution is -2.23. The first-order chi connectivity index (χ1) is 12.8. The molecule has 1 aromatic heterocycles. The summed E-state index contributed by atoms with van der Waals surface area (Å²) < 4.78 is 60.9. The van der Waals surface area contributed by atoms with Gasteiger partial charge in [-0.15, -0.1) is 0 Å². The molecule has 1 N–H and O–H groups in total. The van der Waals surface area contributed by atoms with Gasteiger partial charge in [0.1, 0.15) is 0 Å². The van der Waals surface area contributed by atoms with Crippen LogP contribution in [0.15, 0.2) is 83.9 Å². The van der Waals surface area contributed by atoms with Crippen LogP contribution in [-0.4, -0.2) is 18.9 Å². The lowest BCUT2D eigenvalue weighted by molar-refractivity contribution is -0.0436. The van der Waals surface area contributed by atoms with E-state index in [1.165, 1.54) is 12.1 Å². The van der Waals surface area contributed by atoms with Crippen molar-refractivity contribution in [2.45, 2.75) is 16.4 Å². The Kier molecular flexibility index (Phi) is 5.18. The third-order valence-corrected chi connectivity index (χ3v) is 5.40. The van der Waals surface area contributed by atoms with Gasteiger partial charge < -0.3 is 5.32 Å². The fraction of sp³-hybridized carbons (Fsp3) is 0.105. The maximum atomic E-state index is 12.7. The van der Waals surface area contributed by atoms with Crippen LogP contribution < -0.4 is 5.32 Å². The highest BCUT2D eigenvalue weighted by molar-refractivity contribution is 7.92. The van der Waals surface area contributed by atoms with Gasteiger partial charge in [0.05, 0.1) is 16.6 Å². The van der Waals surface area contributed by atoms with Crippen molar-refractivity contribution in [2.24, 2.45) is 0 Å². The Hall–Kier alpha value is -2.87. The molecular weight excluding hydrogens is 377 g/mol. The van der Waals surface area contributed by atoms with E-state index in [0.717, 1.165) is 23.4 Å². The molecule has 0 aliphatic rings. The summed E-state index contributed by atoms with van der Waals surface area (Å²) in [7, 11) is -5.37. The van der Waals surface area contributed by atoms with E-state index in [9.17, 15) is 21.6 Å². The van der Waals surface area contributed by atoms with Crippen molar-refractivity contribution in [3.05, 3.63) is 90.3 Å². The number of rotatable bonds is 5. The molecule has 1 heterocycles. The number of benzene rings is 2. The molecule has 1 atom stereocenters. The predicted octanol–water partition coefficient (Wildman–Crippen LogP) is 4.58. The molecule has 140 valence electrons. The highest BCUT2D eigenvalue weighted by atomic mass is 32.2. The molecule has 8 heteroatoms. The summed E-state index contributed by atoms with van der Waals surface area (Å²) in [6, 6.07) is 19.0. The number of halogens is 3. The molecule has 3 rings (SSSR count). The van der Waals surface area contributed by atoms with Crippen LogP contribution >= 0.6 is 0 Å². The smallest absolute Gasteiger partial charge is 0.373 e. The quantitative estimate of drug-likeness (QED) is 0.691. The van der Waals surface area contributed by atoms with Gasteiger partial charge in [-0.05, 0) is 42.0 Å². The van der Waals surface area contributed by atoms with E-state index in [2.05, 4.69) is 10.3 Å². The first kappa shape index (κ1) is 18.9. The zero-order chi connectivity index (χ0) is 19.5. The zero-order valence-electron chi connectivity index (χ0n) is 13.9. The summed E-state index contributed by atoms with van der Waals surface area (Å²) in [5.74, 6) is 0. The second-order valence-electron chi connectivity index (χ2n) is 5.72. The van der Waals surface area contributed by atoms with Gasteiger partial charge in [0.2, 0.25) is 0 Å². The van der Waals surface area contributed by atoms with Gasteiger partial charge in [-0.2, -0.15) is 13.2 Å². The Labute approximate surface area is 154 Å². The highest BCUT2D eigenvalue weighted by Gasteiger charge is 2.46. The molecule has 0 aliphatic carbocycles. The number of aromatic nitrogens is 1. The normalized spacial score (nSPS) is 13.1. The van der Waals surface area contributed by atoms with Crippen LogP contribution in [0.1, 0.15) is 17.3 Å². The van der Waals surface area contributed by atoms with Crippen LogP contribution in [-0.2, 0) is 9.84 Å². The van der Waals surface area contributed by atoms with Crippen molar-refractivity contribution in [2.75, 3.05) is 5.32 Å². The summed E-state index contributed by atoms with van der Waals surface area (Å²) in [5.41, 5.74) is -3.24. The van der Waals surface area contributed by atoms with E-state index < -0.39 is 20.2 Å². The first-order valence-electron chi connectivity index (χ1n) is 7.93. The van der Waals surface area contributed by atoms with Gasteiger partial charge in [0.25, 0.3) is 9.84 Å². The molecule has 27 heavy (non-hydrogen) atoms. The maximum absolute atomic E-state index is 12.7. The van der Waals surface area contributed by atoms with E-state index in [1.807, 2.05) is 42.5 Å². The van der Waals surface area contributed by atoms with Gasteiger partial charge in [-0.1, -0.05) is 36.4 Å². The van der Waals surface area contributed by atoms with Gasteiger partial charge in [0, 0.05) is 11.9 Å². The molecule has 0 saturated heterocycles. The first-order valence-corrected chi connectivity index (χ1v) is 9.41. The zero-order valence-corrected chi connectivity index (χ0v) is 14.7. The molecule has 4 nitrogen and oxygen atoms in total. The van der Waals surface area contributed by atoms with Crippen LogP contribution in [0, 0.1) is 0 Å². The van der Waals surface area contributed by atoms with Gasteiger partial charge >= 0.3 is 5.51 Å². The average molecular weight is 392 g/mol. The number of pyridine rings is 1. The number of hydrogen-bond acceptors (Lipinski definition) is 4. The summed E-state index contributed by atoms with van der Waals surface area (Å²) in [6.45, 7) is 0. The lowest BCUT2D eigenvalue weighted by atomic mass is 10.0. The minimum absolute atomic E-state index is 0.350. The largest absolute Gasteiger partial charge is 0.501 e. The van der Waals surface area contributed by atoms with Crippen LogP contribution in [0.3, 0.4) is 0 Å². The second-order valence-corrected chi connectivity index (χ2v) is 7.66. The molecule has 3 aromatic rings. The summed E-state index contributed by atoms with van der Waals surface area (Å²) in [5, 5.41) is 3.19. The van der Waals surface area contributed by atoms with Crippen LogP contribution in [0.4, 0.5) is 18.9 Å². The minimum Gasteiger partial charge on any atom is -0.373 e. The summed E-state index contributed by atoms with van der Waals surface area (Å²) >= 11 is 0. The van der Waals surface area contributed by atoms with Gasteiger partial charge in [0.15, 0.2) is 0 Å². The Morgan fingerprint density at radius 3 is 2.04 bits per heavy atom. The highest BCUT2D eigenvalue weighted by Crippen LogP contribution is 2.31. The van der Waals surface area contributed by atoms with E-state index in [4.69, 9.17) is 0 Å². The maximum Gasteiger partial charge on any atom is 0.501 e. The van der Waals surface area contributed by atoms with E-state index in [0.29, 0.717) is 5.69 Å². The Bertz CT molecular complexity index is 951. The molecule has 0 radical (unpaired) electrons. The van der Waals surface area contributed by atoms with Crippen molar-refractivity contribution in [3.63, 3.8) is 0 Å². The fourth-order valence-corrected chi connectivity index (χ4v) is 3.31. The molecule has 0 aliphatic heterocycles.